The maximum atomic E-state index is 13.7. The molecular formula is C23H35FN6O2. The van der Waals surface area contributed by atoms with Gasteiger partial charge in [-0.2, -0.15) is 0 Å². The number of benzene rings is 1. The molecule has 0 saturated carbocycles. The highest BCUT2D eigenvalue weighted by Gasteiger charge is 2.30. The highest BCUT2D eigenvalue weighted by molar-refractivity contribution is 5.94. The second kappa shape index (κ2) is 11.8. The minimum atomic E-state index is -0.530. The molecule has 0 spiro atoms. The summed E-state index contributed by atoms with van der Waals surface area (Å²) >= 11 is 0. The van der Waals surface area contributed by atoms with E-state index >= 15 is 0 Å². The molecule has 2 amide bonds. The highest BCUT2D eigenvalue weighted by Crippen LogP contribution is 2.14. The van der Waals surface area contributed by atoms with E-state index in [0.717, 1.165) is 64.6 Å². The smallest absolute Gasteiger partial charge is 0.254 e. The minimum absolute atomic E-state index is 0.0390. The fraction of sp³-hybridized carbons (Fsp3) is 0.609. The normalized spacial score (nSPS) is 18.5. The molecule has 2 heterocycles. The van der Waals surface area contributed by atoms with Gasteiger partial charge in [-0.05, 0) is 38.8 Å². The third kappa shape index (κ3) is 6.18. The molecule has 2 fully saturated rings. The summed E-state index contributed by atoms with van der Waals surface area (Å²) in [6.45, 7) is 10.4. The van der Waals surface area contributed by atoms with E-state index in [0.29, 0.717) is 13.1 Å². The number of rotatable bonds is 7. The van der Waals surface area contributed by atoms with E-state index in [1.54, 1.807) is 12.1 Å². The second-order valence-corrected chi connectivity index (χ2v) is 8.20. The maximum absolute atomic E-state index is 13.7. The molecule has 1 unspecified atom stereocenters. The number of carbonyl (C=O) groups is 2. The molecule has 2 N–H and O–H groups in total. The van der Waals surface area contributed by atoms with Crippen molar-refractivity contribution in [3.8, 4) is 0 Å². The van der Waals surface area contributed by atoms with Crippen LogP contribution in [0.15, 0.2) is 29.3 Å². The molecule has 0 bridgehead atoms. The number of amides is 2. The number of guanidine groups is 1. The Morgan fingerprint density at radius 3 is 2.38 bits per heavy atom. The van der Waals surface area contributed by atoms with Crippen LogP contribution in [-0.2, 0) is 4.79 Å². The van der Waals surface area contributed by atoms with Crippen LogP contribution in [0.1, 0.15) is 37.0 Å². The Bertz CT molecular complexity index is 803. The Labute approximate surface area is 189 Å². The number of aliphatic imine (C=N–C) groups is 1. The van der Waals surface area contributed by atoms with Crippen LogP contribution in [-0.4, -0.2) is 97.4 Å². The summed E-state index contributed by atoms with van der Waals surface area (Å²) in [4.78, 5) is 35.9. The lowest BCUT2D eigenvalue weighted by Crippen LogP contribution is -2.57. The van der Waals surface area contributed by atoms with Crippen LogP contribution in [0.2, 0.25) is 0 Å². The van der Waals surface area contributed by atoms with Crippen molar-refractivity contribution in [2.24, 2.45) is 4.99 Å². The van der Waals surface area contributed by atoms with Gasteiger partial charge in [-0.3, -0.25) is 19.5 Å². The SMILES string of the molecule is CCNC(=NCCNC(=O)c1ccccc1F)N1CCN(C(C)C(=O)N2CCCC2)CC1. The topological polar surface area (TPSA) is 80.3 Å². The van der Waals surface area contributed by atoms with Gasteiger partial charge in [0.25, 0.3) is 5.91 Å². The minimum Gasteiger partial charge on any atom is -0.357 e. The molecule has 2 aliphatic rings. The van der Waals surface area contributed by atoms with Gasteiger partial charge in [0.2, 0.25) is 5.91 Å². The fourth-order valence-electron chi connectivity index (χ4n) is 4.18. The zero-order chi connectivity index (χ0) is 22.9. The van der Waals surface area contributed by atoms with Crippen molar-refractivity contribution >= 4 is 17.8 Å². The number of likely N-dealkylation sites (tertiary alicyclic amines) is 1. The molecule has 2 aliphatic heterocycles. The summed E-state index contributed by atoms with van der Waals surface area (Å²) in [5.41, 5.74) is 0.0390. The zero-order valence-electron chi connectivity index (χ0n) is 19.1. The Morgan fingerprint density at radius 1 is 1.03 bits per heavy atom. The first kappa shape index (κ1) is 24.0. The Morgan fingerprint density at radius 2 is 1.72 bits per heavy atom. The fourth-order valence-corrected chi connectivity index (χ4v) is 4.18. The largest absolute Gasteiger partial charge is 0.357 e. The molecule has 2 saturated heterocycles. The van der Waals surface area contributed by atoms with Crippen molar-refractivity contribution < 1.29 is 14.0 Å². The zero-order valence-corrected chi connectivity index (χ0v) is 19.1. The van der Waals surface area contributed by atoms with Gasteiger partial charge in [0.15, 0.2) is 5.96 Å². The lowest BCUT2D eigenvalue weighted by atomic mass is 10.2. The number of halogens is 1. The molecular weight excluding hydrogens is 411 g/mol. The molecule has 1 aromatic rings. The van der Waals surface area contributed by atoms with Crippen molar-refractivity contribution in [2.75, 3.05) is 58.9 Å². The van der Waals surface area contributed by atoms with E-state index in [-0.39, 0.29) is 17.5 Å². The third-order valence-electron chi connectivity index (χ3n) is 6.05. The maximum Gasteiger partial charge on any atom is 0.254 e. The second-order valence-electron chi connectivity index (χ2n) is 8.20. The molecule has 3 rings (SSSR count). The van der Waals surface area contributed by atoms with Gasteiger partial charge in [0.1, 0.15) is 5.82 Å². The van der Waals surface area contributed by atoms with Crippen LogP contribution in [0.5, 0.6) is 0 Å². The predicted molar refractivity (Wildman–Crippen MR) is 123 cm³/mol. The van der Waals surface area contributed by atoms with E-state index in [1.165, 1.54) is 12.1 Å². The molecule has 0 aliphatic carbocycles. The van der Waals surface area contributed by atoms with Crippen LogP contribution in [0.3, 0.4) is 0 Å². The Hall–Kier alpha value is -2.68. The monoisotopic (exact) mass is 446 g/mol. The van der Waals surface area contributed by atoms with Gasteiger partial charge < -0.3 is 20.4 Å². The summed E-state index contributed by atoms with van der Waals surface area (Å²) in [6, 6.07) is 5.84. The van der Waals surface area contributed by atoms with Gasteiger partial charge in [-0.15, -0.1) is 0 Å². The first-order valence-corrected chi connectivity index (χ1v) is 11.6. The van der Waals surface area contributed by atoms with Crippen LogP contribution in [0, 0.1) is 5.82 Å². The average Bonchev–Trinajstić information content (AvgIpc) is 3.35. The van der Waals surface area contributed by atoms with E-state index in [1.807, 2.05) is 18.7 Å². The van der Waals surface area contributed by atoms with Gasteiger partial charge in [-0.25, -0.2) is 4.39 Å². The molecule has 32 heavy (non-hydrogen) atoms. The van der Waals surface area contributed by atoms with Crippen molar-refractivity contribution in [1.29, 1.82) is 0 Å². The third-order valence-corrected chi connectivity index (χ3v) is 6.05. The van der Waals surface area contributed by atoms with E-state index in [2.05, 4.69) is 25.4 Å². The Balaban J connectivity index is 1.47. The number of hydrogen-bond donors (Lipinski definition) is 2. The predicted octanol–water partition coefficient (Wildman–Crippen LogP) is 1.15. The molecule has 8 nitrogen and oxygen atoms in total. The lowest BCUT2D eigenvalue weighted by Gasteiger charge is -2.39. The molecule has 9 heteroatoms. The summed E-state index contributed by atoms with van der Waals surface area (Å²) in [5, 5.41) is 6.02. The van der Waals surface area contributed by atoms with Gasteiger partial charge >= 0.3 is 0 Å². The number of nitrogens with zero attached hydrogens (tertiary/aromatic N) is 4. The molecule has 0 aromatic heterocycles. The summed E-state index contributed by atoms with van der Waals surface area (Å²) < 4.78 is 13.7. The van der Waals surface area contributed by atoms with E-state index in [4.69, 9.17) is 0 Å². The summed E-state index contributed by atoms with van der Waals surface area (Å²) in [6.07, 6.45) is 2.21. The number of nitrogens with one attached hydrogen (secondary N) is 2. The number of hydrogen-bond acceptors (Lipinski definition) is 4. The van der Waals surface area contributed by atoms with Crippen LogP contribution < -0.4 is 10.6 Å². The van der Waals surface area contributed by atoms with Gasteiger partial charge in [0.05, 0.1) is 18.2 Å². The van der Waals surface area contributed by atoms with E-state index in [9.17, 15) is 14.0 Å². The number of piperazine rings is 1. The molecule has 1 atom stereocenters. The van der Waals surface area contributed by atoms with Gasteiger partial charge in [-0.1, -0.05) is 12.1 Å². The summed E-state index contributed by atoms with van der Waals surface area (Å²) in [7, 11) is 0. The molecule has 176 valence electrons. The van der Waals surface area contributed by atoms with Gasteiger partial charge in [0, 0.05) is 52.4 Å². The van der Waals surface area contributed by atoms with Crippen molar-refractivity contribution in [3.63, 3.8) is 0 Å². The highest BCUT2D eigenvalue weighted by atomic mass is 19.1. The van der Waals surface area contributed by atoms with Crippen molar-refractivity contribution in [1.82, 2.24) is 25.3 Å². The first-order chi connectivity index (χ1) is 15.5. The Kier molecular flexibility index (Phi) is 8.84. The van der Waals surface area contributed by atoms with E-state index < -0.39 is 11.7 Å². The molecule has 1 aromatic carbocycles. The summed E-state index contributed by atoms with van der Waals surface area (Å²) in [5.74, 6) is 0.0682. The van der Waals surface area contributed by atoms with Crippen LogP contribution in [0.4, 0.5) is 4.39 Å². The van der Waals surface area contributed by atoms with Crippen LogP contribution in [0.25, 0.3) is 0 Å². The van der Waals surface area contributed by atoms with Crippen LogP contribution >= 0.6 is 0 Å². The quantitative estimate of drug-likeness (QED) is 0.373. The standard InChI is InChI=1S/C23H35FN6O2/c1-3-25-23(27-11-10-26-21(31)19-8-4-5-9-20(19)24)30-16-14-28(15-17-30)18(2)22(32)29-12-6-7-13-29/h4-5,8-9,18H,3,6-7,10-17H2,1-2H3,(H,25,27)(H,26,31). The lowest BCUT2D eigenvalue weighted by molar-refractivity contribution is -0.135. The number of carbonyl (C=O) groups excluding carboxylic acids is 2. The van der Waals surface area contributed by atoms with Crippen molar-refractivity contribution in [3.05, 3.63) is 35.6 Å². The van der Waals surface area contributed by atoms with Crippen molar-refractivity contribution in [2.45, 2.75) is 32.7 Å². The first-order valence-electron chi connectivity index (χ1n) is 11.6. The average molecular weight is 447 g/mol. The molecule has 0 radical (unpaired) electrons.